The molecule has 0 radical (unpaired) electrons. The van der Waals surface area contributed by atoms with Gasteiger partial charge >= 0.3 is 0 Å². The number of Topliss-reactive ketones (excluding diaryl/α,β-unsaturated/α-hetero) is 2. The van der Waals surface area contributed by atoms with Crippen LogP contribution in [-0.2, 0) is 9.59 Å². The molecular formula is C44H72Cl4O2. The Balaban J connectivity index is 0.000000200. The van der Waals surface area contributed by atoms with E-state index in [-0.39, 0.29) is 0 Å². The van der Waals surface area contributed by atoms with E-state index in [2.05, 4.69) is 27.7 Å². The Morgan fingerprint density at radius 3 is 1.44 bits per heavy atom. The lowest BCUT2D eigenvalue weighted by molar-refractivity contribution is -0.179. The largest absolute Gasteiger partial charge is 0.298 e. The molecule has 0 heterocycles. The second kappa shape index (κ2) is 17.1. The van der Waals surface area contributed by atoms with E-state index in [9.17, 15) is 9.59 Å². The molecule has 0 aliphatic heterocycles. The lowest BCUT2D eigenvalue weighted by Gasteiger charge is -2.69. The summed E-state index contributed by atoms with van der Waals surface area (Å²) in [5.41, 5.74) is -1.70. The second-order valence-electron chi connectivity index (χ2n) is 18.3. The van der Waals surface area contributed by atoms with Gasteiger partial charge in [-0.05, 0) is 120 Å². The van der Waals surface area contributed by atoms with Crippen molar-refractivity contribution in [2.24, 2.45) is 45.3 Å². The van der Waals surface area contributed by atoms with Crippen molar-refractivity contribution >= 4 is 58.0 Å². The summed E-state index contributed by atoms with van der Waals surface area (Å²) < 4.78 is -1.64. The highest BCUT2D eigenvalue weighted by Crippen LogP contribution is 2.76. The van der Waals surface area contributed by atoms with Gasteiger partial charge in [-0.25, -0.2) is 0 Å². The summed E-state index contributed by atoms with van der Waals surface area (Å²) >= 11 is 28.2. The first-order chi connectivity index (χ1) is 23.9. The average Bonchev–Trinajstić information content (AvgIpc) is 3.13. The molecule has 6 saturated carbocycles. The average molecular weight is 775 g/mol. The van der Waals surface area contributed by atoms with Crippen LogP contribution >= 0.6 is 46.4 Å². The fraction of sp³-hybridized carbons (Fsp3) is 0.955. The van der Waals surface area contributed by atoms with Crippen LogP contribution in [0.25, 0.3) is 0 Å². The van der Waals surface area contributed by atoms with Crippen LogP contribution in [-0.4, -0.2) is 20.2 Å². The zero-order valence-electron chi connectivity index (χ0n) is 32.4. The fourth-order valence-corrected chi connectivity index (χ4v) is 15.0. The molecule has 50 heavy (non-hydrogen) atoms. The highest BCUT2D eigenvalue weighted by atomic mass is 35.5. The zero-order chi connectivity index (χ0) is 36.3. The lowest BCUT2D eigenvalue weighted by atomic mass is 9.39. The van der Waals surface area contributed by atoms with Crippen LogP contribution in [0.3, 0.4) is 0 Å². The summed E-state index contributed by atoms with van der Waals surface area (Å²) in [7, 11) is 0. The van der Waals surface area contributed by atoms with Crippen molar-refractivity contribution in [2.45, 2.75) is 216 Å². The van der Waals surface area contributed by atoms with Gasteiger partial charge in [0, 0.05) is 0 Å². The Labute approximate surface area is 327 Å². The Hall–Kier alpha value is 0.500. The molecule has 4 spiro atoms. The molecule has 0 aromatic heterocycles. The van der Waals surface area contributed by atoms with Crippen LogP contribution in [0, 0.1) is 45.3 Å². The molecule has 6 heteroatoms. The van der Waals surface area contributed by atoms with Crippen molar-refractivity contribution in [3.05, 3.63) is 0 Å². The van der Waals surface area contributed by atoms with Crippen molar-refractivity contribution in [2.75, 3.05) is 0 Å². The zero-order valence-corrected chi connectivity index (χ0v) is 35.5. The van der Waals surface area contributed by atoms with Gasteiger partial charge in [0.25, 0.3) is 0 Å². The molecule has 0 amide bonds. The second-order valence-corrected chi connectivity index (χ2v) is 21.0. The van der Waals surface area contributed by atoms with E-state index in [0.717, 1.165) is 127 Å². The van der Waals surface area contributed by atoms with Gasteiger partial charge in [-0.3, -0.25) is 9.59 Å². The van der Waals surface area contributed by atoms with Crippen LogP contribution in [0.2, 0.25) is 0 Å². The van der Waals surface area contributed by atoms with Crippen LogP contribution < -0.4 is 0 Å². The predicted octanol–water partition coefficient (Wildman–Crippen LogP) is 15.0. The minimum Gasteiger partial charge on any atom is -0.298 e. The van der Waals surface area contributed by atoms with E-state index in [0.29, 0.717) is 17.5 Å². The van der Waals surface area contributed by atoms with Gasteiger partial charge in [0.05, 0.1) is 21.7 Å². The highest BCUT2D eigenvalue weighted by Gasteiger charge is 2.81. The van der Waals surface area contributed by atoms with Gasteiger partial charge < -0.3 is 0 Å². The monoisotopic (exact) mass is 772 g/mol. The molecule has 0 aromatic rings. The molecule has 0 bridgehead atoms. The maximum Gasteiger partial charge on any atom is 0.151 e. The number of carbonyl (C=O) groups is 2. The number of rotatable bonds is 12. The third kappa shape index (κ3) is 6.84. The molecule has 6 aliphatic rings. The fourth-order valence-electron chi connectivity index (χ4n) is 12.7. The number of unbranched alkanes of at least 4 members (excludes halogenated alkanes) is 5. The van der Waals surface area contributed by atoms with Crippen LogP contribution in [0.4, 0.5) is 0 Å². The van der Waals surface area contributed by atoms with E-state index in [4.69, 9.17) is 46.4 Å². The van der Waals surface area contributed by atoms with Gasteiger partial charge in [-0.1, -0.05) is 158 Å². The summed E-state index contributed by atoms with van der Waals surface area (Å²) in [4.78, 5) is 26.9. The van der Waals surface area contributed by atoms with Crippen LogP contribution in [0.15, 0.2) is 0 Å². The molecule has 0 aromatic carbocycles. The molecule has 6 rings (SSSR count). The number of hydrogen-bond acceptors (Lipinski definition) is 2. The molecule has 2 nitrogen and oxygen atoms in total. The number of carbonyl (C=O) groups excluding carboxylic acids is 2. The Bertz CT molecular complexity index is 1120. The maximum absolute atomic E-state index is 13.5. The first-order valence-corrected chi connectivity index (χ1v) is 23.3. The molecule has 0 saturated heterocycles. The molecule has 6 fully saturated rings. The highest BCUT2D eigenvalue weighted by molar-refractivity contribution is 6.55. The van der Waals surface area contributed by atoms with Gasteiger partial charge in [0.2, 0.25) is 0 Å². The van der Waals surface area contributed by atoms with Crippen LogP contribution in [0.5, 0.6) is 0 Å². The van der Waals surface area contributed by atoms with Gasteiger partial charge in [0.1, 0.15) is 8.67 Å². The van der Waals surface area contributed by atoms with E-state index in [1.807, 2.05) is 0 Å². The molecule has 2 unspecified atom stereocenters. The molecule has 2 atom stereocenters. The van der Waals surface area contributed by atoms with E-state index >= 15 is 0 Å². The van der Waals surface area contributed by atoms with E-state index in [1.165, 1.54) is 70.6 Å². The van der Waals surface area contributed by atoms with Gasteiger partial charge in [-0.2, -0.15) is 0 Å². The third-order valence-electron chi connectivity index (χ3n) is 15.9. The normalized spacial score (nSPS) is 40.4. The number of ketones is 2. The van der Waals surface area contributed by atoms with Crippen molar-refractivity contribution in [3.63, 3.8) is 0 Å². The smallest absolute Gasteiger partial charge is 0.151 e. The predicted molar refractivity (Wildman–Crippen MR) is 215 cm³/mol. The first kappa shape index (κ1) is 41.7. The molecule has 0 N–H and O–H groups in total. The van der Waals surface area contributed by atoms with E-state index < -0.39 is 30.3 Å². The minimum atomic E-state index is -0.823. The molecular weight excluding hydrogens is 702 g/mol. The summed E-state index contributed by atoms with van der Waals surface area (Å²) in [6.45, 7) is 8.98. The topological polar surface area (TPSA) is 34.1 Å². The van der Waals surface area contributed by atoms with Gasteiger partial charge in [0.15, 0.2) is 11.6 Å². The summed E-state index contributed by atoms with van der Waals surface area (Å²) in [6, 6.07) is 0. The summed E-state index contributed by atoms with van der Waals surface area (Å²) in [5, 5.41) is 0. The van der Waals surface area contributed by atoms with Crippen molar-refractivity contribution < 1.29 is 9.59 Å². The van der Waals surface area contributed by atoms with Crippen LogP contribution in [0.1, 0.15) is 207 Å². The standard InChI is InChI=1S/C25H42Cl2O.C19H30Cl2O/c1-3-5-6-7-8-9-11-21-14-18-24(19-15-21)22(28)23(25(24,26)27)16-12-20(10-4-2)13-17-23;1-3-7-15-8-5-6-11-18(15)16(22)17(19(18,20)21)12-9-14(4-2)10-13-17/h20-21H,3-19H2,1-2H3;14-15H,3-13H2,1-2H3/t20?,21-,23-,24+;14-,15?,17+,18?. The quantitative estimate of drug-likeness (QED) is 0.146. The third-order valence-corrected chi connectivity index (χ3v) is 18.7. The van der Waals surface area contributed by atoms with Crippen molar-refractivity contribution in [1.82, 2.24) is 0 Å². The molecule has 6 aliphatic carbocycles. The summed E-state index contributed by atoms with van der Waals surface area (Å²) in [6.07, 6.45) is 32.2. The lowest BCUT2D eigenvalue weighted by Crippen LogP contribution is -2.76. The first-order valence-electron chi connectivity index (χ1n) is 21.7. The van der Waals surface area contributed by atoms with Crippen molar-refractivity contribution in [3.8, 4) is 0 Å². The Morgan fingerprint density at radius 1 is 0.480 bits per heavy atom. The van der Waals surface area contributed by atoms with E-state index in [1.54, 1.807) is 0 Å². The maximum atomic E-state index is 13.5. The number of alkyl halides is 4. The van der Waals surface area contributed by atoms with Crippen molar-refractivity contribution in [1.29, 1.82) is 0 Å². The summed E-state index contributed by atoms with van der Waals surface area (Å²) in [5.74, 6) is 3.61. The minimum absolute atomic E-state index is 0.406. The SMILES string of the molecule is CCCC1CCCCC12C(=O)[C@]1(CC[C@H](CC)CC1)C2(Cl)Cl.CCCCCCCC[C@H]1CC[C@@]2(CC1)C(=O)[C@]1(CCC(CCC)CC1)C2(Cl)Cl. The number of halogens is 4. The van der Waals surface area contributed by atoms with Gasteiger partial charge in [-0.15, -0.1) is 0 Å². The Kier molecular flexibility index (Phi) is 14.3. The number of hydrogen-bond donors (Lipinski definition) is 0. The Morgan fingerprint density at radius 2 is 0.960 bits per heavy atom. The molecule has 288 valence electrons.